The van der Waals surface area contributed by atoms with Crippen molar-refractivity contribution in [2.24, 2.45) is 5.73 Å². The zero-order valence-electron chi connectivity index (χ0n) is 8.32. The second-order valence-electron chi connectivity index (χ2n) is 3.82. The quantitative estimate of drug-likeness (QED) is 0.553. The van der Waals surface area contributed by atoms with E-state index in [1.807, 2.05) is 4.90 Å². The first-order valence-electron chi connectivity index (χ1n) is 4.99. The Balaban J connectivity index is 2.28. The number of aromatic nitrogens is 2. The van der Waals surface area contributed by atoms with Crippen LogP contribution in [0.3, 0.4) is 0 Å². The number of nitrogens with zero attached hydrogens (tertiary/aromatic N) is 1. The van der Waals surface area contributed by atoms with E-state index in [1.54, 1.807) is 0 Å². The largest absolute Gasteiger partial charge is 0.356 e. The molecule has 15 heavy (non-hydrogen) atoms. The summed E-state index contributed by atoms with van der Waals surface area (Å²) < 4.78 is 0. The molecule has 1 fully saturated rings. The fourth-order valence-electron chi connectivity index (χ4n) is 1.85. The minimum absolute atomic E-state index is 0.113. The fourth-order valence-corrected chi connectivity index (χ4v) is 1.85. The van der Waals surface area contributed by atoms with Gasteiger partial charge in [0.1, 0.15) is 5.82 Å². The van der Waals surface area contributed by atoms with Crippen molar-refractivity contribution in [3.63, 3.8) is 0 Å². The van der Waals surface area contributed by atoms with Gasteiger partial charge in [-0.1, -0.05) is 0 Å². The minimum atomic E-state index is -0.475. The molecule has 1 aliphatic rings. The number of piperidine rings is 1. The summed E-state index contributed by atoms with van der Waals surface area (Å²) in [7, 11) is 0. The van der Waals surface area contributed by atoms with Crippen LogP contribution >= 0.6 is 0 Å². The molecule has 0 aliphatic carbocycles. The number of H-pyrrole nitrogens is 2. The molecule has 1 atom stereocenters. The highest BCUT2D eigenvalue weighted by atomic mass is 16.2. The number of hydrogen-bond donors (Lipinski definition) is 3. The van der Waals surface area contributed by atoms with Crippen molar-refractivity contribution in [3.8, 4) is 0 Å². The summed E-state index contributed by atoms with van der Waals surface area (Å²) in [6, 6.07) is 1.50. The maximum atomic E-state index is 11.1. The molecule has 6 heteroatoms. The number of nitrogens with two attached hydrogens (primary N) is 1. The third-order valence-electron chi connectivity index (χ3n) is 2.54. The third-order valence-corrected chi connectivity index (χ3v) is 2.54. The second kappa shape index (κ2) is 3.90. The SMILES string of the molecule is N[C@@H]1CCCN(c2cc(=O)[nH]c(=O)[nH]2)C1. The van der Waals surface area contributed by atoms with Gasteiger partial charge in [0.25, 0.3) is 5.56 Å². The molecule has 1 saturated heterocycles. The zero-order chi connectivity index (χ0) is 10.8. The van der Waals surface area contributed by atoms with Crippen molar-refractivity contribution in [2.75, 3.05) is 18.0 Å². The van der Waals surface area contributed by atoms with Gasteiger partial charge >= 0.3 is 5.69 Å². The standard InChI is InChI=1S/C9H14N4O2/c10-6-2-1-3-13(5-6)7-4-8(14)12-9(15)11-7/h4,6H,1-3,5,10H2,(H2,11,12,14,15)/t6-/m1/s1. The first kappa shape index (κ1) is 9.97. The molecule has 4 N–H and O–H groups in total. The van der Waals surface area contributed by atoms with Gasteiger partial charge < -0.3 is 10.6 Å². The molecular formula is C9H14N4O2. The van der Waals surface area contributed by atoms with Crippen LogP contribution in [0.4, 0.5) is 5.82 Å². The molecule has 0 aromatic carbocycles. The Bertz CT molecular complexity index is 422. The van der Waals surface area contributed by atoms with Gasteiger partial charge in [0, 0.05) is 25.2 Å². The maximum absolute atomic E-state index is 11.1. The van der Waals surface area contributed by atoms with E-state index in [2.05, 4.69) is 9.97 Å². The second-order valence-corrected chi connectivity index (χ2v) is 3.82. The molecule has 0 radical (unpaired) electrons. The van der Waals surface area contributed by atoms with Crippen molar-refractivity contribution in [2.45, 2.75) is 18.9 Å². The summed E-state index contributed by atoms with van der Waals surface area (Å²) in [6.07, 6.45) is 1.97. The number of anilines is 1. The van der Waals surface area contributed by atoms with Gasteiger partial charge in [0.15, 0.2) is 0 Å². The van der Waals surface area contributed by atoms with Crippen LogP contribution in [0.5, 0.6) is 0 Å². The normalized spacial score (nSPS) is 21.7. The van der Waals surface area contributed by atoms with Gasteiger partial charge in [-0.05, 0) is 12.8 Å². The first-order chi connectivity index (χ1) is 7.15. The number of hydrogen-bond acceptors (Lipinski definition) is 4. The molecule has 0 saturated carbocycles. The average molecular weight is 210 g/mol. The minimum Gasteiger partial charge on any atom is -0.356 e. The molecule has 82 valence electrons. The lowest BCUT2D eigenvalue weighted by Gasteiger charge is -2.31. The van der Waals surface area contributed by atoms with E-state index in [4.69, 9.17) is 5.73 Å². The summed E-state index contributed by atoms with van der Waals surface area (Å²) in [4.78, 5) is 28.8. The molecule has 1 aliphatic heterocycles. The predicted octanol–water partition coefficient (Wildman–Crippen LogP) is -1.01. The van der Waals surface area contributed by atoms with Crippen molar-refractivity contribution < 1.29 is 0 Å². The van der Waals surface area contributed by atoms with E-state index in [-0.39, 0.29) is 11.6 Å². The Morgan fingerprint density at radius 1 is 1.40 bits per heavy atom. The Labute approximate surface area is 86.1 Å². The van der Waals surface area contributed by atoms with Gasteiger partial charge in [-0.15, -0.1) is 0 Å². The van der Waals surface area contributed by atoms with Crippen LogP contribution in [-0.4, -0.2) is 29.1 Å². The third kappa shape index (κ3) is 2.27. The van der Waals surface area contributed by atoms with Crippen molar-refractivity contribution in [1.29, 1.82) is 0 Å². The molecule has 0 bridgehead atoms. The number of aromatic amines is 2. The van der Waals surface area contributed by atoms with Crippen LogP contribution in [0, 0.1) is 0 Å². The lowest BCUT2D eigenvalue weighted by Crippen LogP contribution is -2.44. The van der Waals surface area contributed by atoms with E-state index in [0.717, 1.165) is 19.4 Å². The summed E-state index contributed by atoms with van der Waals surface area (Å²) in [5, 5.41) is 0. The van der Waals surface area contributed by atoms with E-state index < -0.39 is 5.69 Å². The Kier molecular flexibility index (Phi) is 2.59. The molecular weight excluding hydrogens is 196 g/mol. The lowest BCUT2D eigenvalue weighted by molar-refractivity contribution is 0.502. The van der Waals surface area contributed by atoms with Crippen LogP contribution in [0.2, 0.25) is 0 Å². The molecule has 1 aromatic heterocycles. The monoisotopic (exact) mass is 210 g/mol. The van der Waals surface area contributed by atoms with E-state index >= 15 is 0 Å². The highest BCUT2D eigenvalue weighted by Crippen LogP contribution is 2.13. The molecule has 1 aromatic rings. The van der Waals surface area contributed by atoms with Crippen molar-refractivity contribution in [3.05, 3.63) is 26.9 Å². The first-order valence-corrected chi connectivity index (χ1v) is 4.99. The number of rotatable bonds is 1. The Morgan fingerprint density at radius 3 is 2.87 bits per heavy atom. The molecule has 2 heterocycles. The van der Waals surface area contributed by atoms with Gasteiger partial charge in [-0.3, -0.25) is 14.8 Å². The van der Waals surface area contributed by atoms with Gasteiger partial charge in [0.05, 0.1) is 0 Å². The Morgan fingerprint density at radius 2 is 2.20 bits per heavy atom. The van der Waals surface area contributed by atoms with Crippen LogP contribution in [0.1, 0.15) is 12.8 Å². The summed E-state index contributed by atoms with van der Waals surface area (Å²) >= 11 is 0. The zero-order valence-corrected chi connectivity index (χ0v) is 8.32. The average Bonchev–Trinajstić information content (AvgIpc) is 2.16. The maximum Gasteiger partial charge on any atom is 0.327 e. The smallest absolute Gasteiger partial charge is 0.327 e. The van der Waals surface area contributed by atoms with Crippen molar-refractivity contribution in [1.82, 2.24) is 9.97 Å². The van der Waals surface area contributed by atoms with E-state index in [9.17, 15) is 9.59 Å². The predicted molar refractivity (Wildman–Crippen MR) is 57.1 cm³/mol. The molecule has 0 unspecified atom stereocenters. The summed E-state index contributed by atoms with van der Waals surface area (Å²) in [5.74, 6) is 0.555. The summed E-state index contributed by atoms with van der Waals surface area (Å²) in [5.41, 5.74) is 4.96. The van der Waals surface area contributed by atoms with Gasteiger partial charge in [-0.2, -0.15) is 0 Å². The van der Waals surface area contributed by atoms with Gasteiger partial charge in [0.2, 0.25) is 0 Å². The highest BCUT2D eigenvalue weighted by Gasteiger charge is 2.17. The van der Waals surface area contributed by atoms with Crippen LogP contribution in [0.25, 0.3) is 0 Å². The summed E-state index contributed by atoms with van der Waals surface area (Å²) in [6.45, 7) is 1.51. The van der Waals surface area contributed by atoms with Crippen LogP contribution in [-0.2, 0) is 0 Å². The molecule has 6 nitrogen and oxygen atoms in total. The van der Waals surface area contributed by atoms with E-state index in [0.29, 0.717) is 12.4 Å². The Hall–Kier alpha value is -1.56. The fraction of sp³-hybridized carbons (Fsp3) is 0.556. The highest BCUT2D eigenvalue weighted by molar-refractivity contribution is 5.37. The molecule has 0 spiro atoms. The van der Waals surface area contributed by atoms with Crippen LogP contribution in [0.15, 0.2) is 15.7 Å². The van der Waals surface area contributed by atoms with Gasteiger partial charge in [-0.25, -0.2) is 4.79 Å². The van der Waals surface area contributed by atoms with E-state index in [1.165, 1.54) is 6.07 Å². The molecule has 2 rings (SSSR count). The molecule has 0 amide bonds. The lowest BCUT2D eigenvalue weighted by atomic mass is 10.1. The number of nitrogens with one attached hydrogen (secondary N) is 2. The van der Waals surface area contributed by atoms with Crippen LogP contribution < -0.4 is 21.9 Å². The topological polar surface area (TPSA) is 95.0 Å². The van der Waals surface area contributed by atoms with Crippen molar-refractivity contribution >= 4 is 5.82 Å².